The first kappa shape index (κ1) is 20.0. The number of guanidine groups is 1. The molecule has 0 spiro atoms. The second kappa shape index (κ2) is 8.59. The maximum absolute atomic E-state index is 12.9. The van der Waals surface area contributed by atoms with E-state index in [4.69, 9.17) is 16.3 Å². The van der Waals surface area contributed by atoms with Gasteiger partial charge in [-0.3, -0.25) is 14.9 Å². The third-order valence-electron chi connectivity index (χ3n) is 5.66. The van der Waals surface area contributed by atoms with Crippen LogP contribution in [0.1, 0.15) is 37.7 Å². The molecule has 2 N–H and O–H groups in total. The van der Waals surface area contributed by atoms with E-state index in [-0.39, 0.29) is 37.6 Å². The summed E-state index contributed by atoms with van der Waals surface area (Å²) in [5, 5.41) is 12.5. The molecule has 0 aromatic heterocycles. The minimum atomic E-state index is -0.155. The quantitative estimate of drug-likeness (QED) is 0.731. The summed E-state index contributed by atoms with van der Waals surface area (Å²) in [6.07, 6.45) is 5.31. The fraction of sp³-hybridized carbons (Fsp3) is 0.550. The number of rotatable bonds is 6. The normalized spacial score (nSPS) is 18.6. The number of fused-ring (bicyclic) bond motifs is 2. The van der Waals surface area contributed by atoms with Crippen LogP contribution in [0.5, 0.6) is 5.75 Å². The van der Waals surface area contributed by atoms with Crippen molar-refractivity contribution in [3.63, 3.8) is 0 Å². The Kier molecular flexibility index (Phi) is 5.91. The van der Waals surface area contributed by atoms with E-state index < -0.39 is 0 Å². The maximum atomic E-state index is 12.9. The van der Waals surface area contributed by atoms with Gasteiger partial charge in [0, 0.05) is 18.2 Å². The number of carbonyl (C=O) groups is 2. The number of hydrogen-bond donors (Lipinski definition) is 2. The molecule has 2 fully saturated rings. The Morgan fingerprint density at radius 2 is 2.10 bits per heavy atom. The molecule has 156 valence electrons. The summed E-state index contributed by atoms with van der Waals surface area (Å²) in [6.45, 7) is 0.745. The zero-order valence-electron chi connectivity index (χ0n) is 16.2. The number of nitrogens with one attached hydrogen (secondary N) is 1. The van der Waals surface area contributed by atoms with Gasteiger partial charge in [0.15, 0.2) is 6.61 Å². The van der Waals surface area contributed by atoms with E-state index in [0.717, 1.165) is 31.2 Å². The topological polar surface area (TPSA) is 94.5 Å². The lowest BCUT2D eigenvalue weighted by molar-refractivity contribution is -0.137. The Morgan fingerprint density at radius 1 is 1.31 bits per heavy atom. The maximum Gasteiger partial charge on any atom is 0.260 e. The van der Waals surface area contributed by atoms with Crippen molar-refractivity contribution >= 4 is 35.1 Å². The van der Waals surface area contributed by atoms with Gasteiger partial charge in [-0.05, 0) is 25.0 Å². The summed E-state index contributed by atoms with van der Waals surface area (Å²) in [6, 6.07) is 3.62. The van der Waals surface area contributed by atoms with Crippen molar-refractivity contribution < 1.29 is 19.4 Å². The number of aliphatic hydroxyl groups is 1. The first-order valence-corrected chi connectivity index (χ1v) is 10.4. The first-order chi connectivity index (χ1) is 14.1. The minimum Gasteiger partial charge on any atom is -0.482 e. The van der Waals surface area contributed by atoms with Crippen molar-refractivity contribution in [2.24, 2.45) is 4.99 Å². The number of ether oxygens (including phenoxy) is 1. The minimum absolute atomic E-state index is 0.0722. The van der Waals surface area contributed by atoms with Gasteiger partial charge in [0.05, 0.1) is 23.9 Å². The highest BCUT2D eigenvalue weighted by molar-refractivity contribution is 6.32. The van der Waals surface area contributed by atoms with Gasteiger partial charge >= 0.3 is 0 Å². The van der Waals surface area contributed by atoms with Gasteiger partial charge in [-0.15, -0.1) is 0 Å². The lowest BCUT2D eigenvalue weighted by Gasteiger charge is -2.34. The Morgan fingerprint density at radius 3 is 2.86 bits per heavy atom. The van der Waals surface area contributed by atoms with E-state index in [2.05, 4.69) is 10.3 Å². The van der Waals surface area contributed by atoms with E-state index in [1.807, 2.05) is 4.90 Å². The molecule has 2 amide bonds. The van der Waals surface area contributed by atoms with Crippen molar-refractivity contribution in [1.82, 2.24) is 15.1 Å². The molecule has 1 aromatic carbocycles. The highest BCUT2D eigenvalue weighted by Gasteiger charge is 2.32. The molecule has 0 radical (unpaired) electrons. The molecule has 1 saturated heterocycles. The lowest BCUT2D eigenvalue weighted by atomic mass is 9.94. The number of carbonyl (C=O) groups excluding carboxylic acids is 2. The van der Waals surface area contributed by atoms with Gasteiger partial charge in [-0.2, -0.15) is 0 Å². The third kappa shape index (κ3) is 4.18. The summed E-state index contributed by atoms with van der Waals surface area (Å²) in [7, 11) is 0. The highest BCUT2D eigenvalue weighted by atomic mass is 35.5. The zero-order valence-corrected chi connectivity index (χ0v) is 17.0. The number of halogens is 1. The van der Waals surface area contributed by atoms with Crippen LogP contribution in [-0.2, 0) is 16.1 Å². The van der Waals surface area contributed by atoms with E-state index in [9.17, 15) is 14.7 Å². The van der Waals surface area contributed by atoms with Crippen LogP contribution >= 0.6 is 11.6 Å². The van der Waals surface area contributed by atoms with E-state index in [1.165, 1.54) is 6.42 Å². The standard InChI is InChI=1S/C20H25ClN4O4/c21-15-6-7-16-14(10-24-11-17(27)23-20(24)22-16)19(15)29-12-18(28)25(8-9-26)13-4-2-1-3-5-13/h6-7,13,26H,1-5,8-12H2,(H,22,23,27). The van der Waals surface area contributed by atoms with Gasteiger partial charge in [-0.1, -0.05) is 30.9 Å². The summed E-state index contributed by atoms with van der Waals surface area (Å²) < 4.78 is 5.88. The summed E-state index contributed by atoms with van der Waals surface area (Å²) in [5.74, 6) is 0.690. The number of hydrogen-bond acceptors (Lipinski definition) is 6. The summed E-state index contributed by atoms with van der Waals surface area (Å²) >= 11 is 6.37. The fourth-order valence-electron chi connectivity index (χ4n) is 4.26. The van der Waals surface area contributed by atoms with Crippen molar-refractivity contribution in [3.05, 3.63) is 22.7 Å². The molecular weight excluding hydrogens is 396 g/mol. The number of aliphatic hydroxyl groups excluding tert-OH is 1. The molecule has 0 atom stereocenters. The van der Waals surface area contributed by atoms with Crippen molar-refractivity contribution in [2.75, 3.05) is 26.3 Å². The van der Waals surface area contributed by atoms with Gasteiger partial charge in [0.25, 0.3) is 5.91 Å². The van der Waals surface area contributed by atoms with Crippen LogP contribution in [0.15, 0.2) is 17.1 Å². The monoisotopic (exact) mass is 420 g/mol. The fourth-order valence-corrected chi connectivity index (χ4v) is 4.49. The zero-order chi connectivity index (χ0) is 20.4. The van der Waals surface area contributed by atoms with Crippen LogP contribution in [-0.4, -0.2) is 65.0 Å². The molecule has 1 aromatic rings. The molecule has 0 bridgehead atoms. The molecule has 8 nitrogen and oxygen atoms in total. The average molecular weight is 421 g/mol. The second-order valence-corrected chi connectivity index (χ2v) is 8.01. The molecule has 1 aliphatic carbocycles. The molecular formula is C20H25ClN4O4. The van der Waals surface area contributed by atoms with Crippen LogP contribution in [0.3, 0.4) is 0 Å². The molecule has 4 rings (SSSR count). The van der Waals surface area contributed by atoms with Crippen LogP contribution in [0.4, 0.5) is 5.69 Å². The Bertz CT molecular complexity index is 838. The Balaban J connectivity index is 1.49. The smallest absolute Gasteiger partial charge is 0.260 e. The highest BCUT2D eigenvalue weighted by Crippen LogP contribution is 2.39. The average Bonchev–Trinajstić information content (AvgIpc) is 3.09. The molecule has 2 heterocycles. The first-order valence-electron chi connectivity index (χ1n) is 10.0. The number of benzene rings is 1. The molecule has 9 heteroatoms. The van der Waals surface area contributed by atoms with E-state index in [0.29, 0.717) is 35.5 Å². The van der Waals surface area contributed by atoms with Crippen molar-refractivity contribution in [3.8, 4) is 5.75 Å². The van der Waals surface area contributed by atoms with Crippen LogP contribution in [0.2, 0.25) is 5.02 Å². The van der Waals surface area contributed by atoms with Gasteiger partial charge in [-0.25, -0.2) is 4.99 Å². The van der Waals surface area contributed by atoms with E-state index in [1.54, 1.807) is 17.0 Å². The van der Waals surface area contributed by atoms with E-state index >= 15 is 0 Å². The van der Waals surface area contributed by atoms with Crippen LogP contribution < -0.4 is 10.1 Å². The van der Waals surface area contributed by atoms with Gasteiger partial charge < -0.3 is 19.6 Å². The molecule has 3 aliphatic rings. The predicted octanol–water partition coefficient (Wildman–Crippen LogP) is 1.81. The largest absolute Gasteiger partial charge is 0.482 e. The SMILES string of the molecule is O=C1CN2Cc3c(ccc(Cl)c3OCC(=O)N(CCO)C3CCCCC3)N=C2N1. The Labute approximate surface area is 174 Å². The predicted molar refractivity (Wildman–Crippen MR) is 108 cm³/mol. The third-order valence-corrected chi connectivity index (χ3v) is 5.96. The molecule has 0 unspecified atom stereocenters. The molecule has 1 saturated carbocycles. The van der Waals surface area contributed by atoms with Crippen molar-refractivity contribution in [2.45, 2.75) is 44.7 Å². The van der Waals surface area contributed by atoms with Crippen LogP contribution in [0, 0.1) is 0 Å². The number of amides is 2. The van der Waals surface area contributed by atoms with Gasteiger partial charge in [0.2, 0.25) is 11.9 Å². The number of aliphatic imine (C=N–C) groups is 1. The molecule has 2 aliphatic heterocycles. The second-order valence-electron chi connectivity index (χ2n) is 7.61. The molecule has 29 heavy (non-hydrogen) atoms. The summed E-state index contributed by atoms with van der Waals surface area (Å²) in [4.78, 5) is 32.5. The summed E-state index contributed by atoms with van der Waals surface area (Å²) in [5.41, 5.74) is 1.43. The lowest BCUT2D eigenvalue weighted by Crippen LogP contribution is -2.45. The number of nitrogens with zero attached hydrogens (tertiary/aromatic N) is 3. The Hall–Kier alpha value is -2.32. The van der Waals surface area contributed by atoms with Crippen LogP contribution in [0.25, 0.3) is 0 Å². The van der Waals surface area contributed by atoms with Gasteiger partial charge in [0.1, 0.15) is 12.3 Å². The van der Waals surface area contributed by atoms with Crippen molar-refractivity contribution in [1.29, 1.82) is 0 Å².